The van der Waals surface area contributed by atoms with Gasteiger partial charge in [0.2, 0.25) is 17.8 Å². The molecule has 3 aromatic heterocycles. The van der Waals surface area contributed by atoms with Crippen LogP contribution in [0.3, 0.4) is 0 Å². The first-order chi connectivity index (χ1) is 18.7. The van der Waals surface area contributed by atoms with Crippen LogP contribution in [-0.4, -0.2) is 33.4 Å². The van der Waals surface area contributed by atoms with Gasteiger partial charge in [-0.05, 0) is 56.2 Å². The molecule has 0 aliphatic heterocycles. The Morgan fingerprint density at radius 1 is 1.18 bits per heavy atom. The van der Waals surface area contributed by atoms with Crippen molar-refractivity contribution in [3.63, 3.8) is 0 Å². The minimum atomic E-state index is -0.677. The van der Waals surface area contributed by atoms with E-state index in [1.54, 1.807) is 42.0 Å². The molecular weight excluding hydrogens is 876 g/mol. The van der Waals surface area contributed by atoms with Crippen LogP contribution in [0.5, 0.6) is 0 Å². The molecule has 1 aliphatic rings. The maximum atomic E-state index is 12.8. The third-order valence-corrected chi connectivity index (χ3v) is 5.14. The molecule has 0 spiro atoms. The Balaban J connectivity index is 0.000000456. The van der Waals surface area contributed by atoms with Crippen molar-refractivity contribution in [2.24, 2.45) is 5.73 Å². The number of hydrogen-bond donors (Lipinski definition) is 2. The van der Waals surface area contributed by atoms with Gasteiger partial charge in [0, 0.05) is 40.5 Å². The van der Waals surface area contributed by atoms with E-state index in [1.165, 1.54) is 31.4 Å². The SMILES string of the molecule is CCOC(=O)c1cn(-c2cccc(C#Cc3ccc[n+](O)c3)c2)c2ncccc2c1=O.NC1CC1.[I][V]([I])[I]. The molecule has 0 radical (unpaired) electrons. The molecule has 202 valence electrons. The number of hydrogen-bond acceptors (Lipinski definition) is 6. The van der Waals surface area contributed by atoms with E-state index in [4.69, 9.17) is 10.5 Å². The number of aromatic nitrogens is 3. The molecule has 0 atom stereocenters. The summed E-state index contributed by atoms with van der Waals surface area (Å²) < 4.78 is 7.67. The zero-order valence-corrected chi connectivity index (χ0v) is 28.7. The summed E-state index contributed by atoms with van der Waals surface area (Å²) in [6.45, 7) is 1.86. The first kappa shape index (κ1) is 31.8. The van der Waals surface area contributed by atoms with Gasteiger partial charge in [-0.1, -0.05) is 17.9 Å². The molecule has 1 fully saturated rings. The third kappa shape index (κ3) is 10.3. The van der Waals surface area contributed by atoms with Gasteiger partial charge < -0.3 is 15.0 Å². The number of fused-ring (bicyclic) bond motifs is 1. The Morgan fingerprint density at radius 2 is 1.85 bits per heavy atom. The zero-order valence-electron chi connectivity index (χ0n) is 20.8. The summed E-state index contributed by atoms with van der Waals surface area (Å²) in [5.41, 5.74) is 7.22. The number of benzene rings is 1. The molecule has 3 N–H and O–H groups in total. The number of pyridine rings is 3. The maximum absolute atomic E-state index is 12.8. The summed E-state index contributed by atoms with van der Waals surface area (Å²) in [6.07, 6.45) is 8.57. The summed E-state index contributed by atoms with van der Waals surface area (Å²) in [4.78, 5) is 29.2. The summed E-state index contributed by atoms with van der Waals surface area (Å²) in [5.74, 6) is 5.37. The Bertz CT molecular complexity index is 1560. The van der Waals surface area contributed by atoms with Crippen molar-refractivity contribution in [2.75, 3.05) is 6.61 Å². The van der Waals surface area contributed by atoms with Gasteiger partial charge in [0.25, 0.3) is 0 Å². The van der Waals surface area contributed by atoms with Gasteiger partial charge in [-0.25, -0.2) is 9.78 Å². The normalized spacial score (nSPS) is 11.8. The second-order valence-electron chi connectivity index (χ2n) is 8.14. The molecule has 8 nitrogen and oxygen atoms in total. The van der Waals surface area contributed by atoms with Crippen LogP contribution in [0.2, 0.25) is 0 Å². The van der Waals surface area contributed by atoms with Crippen molar-refractivity contribution < 1.29 is 24.4 Å². The topological polar surface area (TPSA) is 111 Å². The summed E-state index contributed by atoms with van der Waals surface area (Å²) in [5, 5.41) is 9.83. The molecule has 0 amide bonds. The van der Waals surface area contributed by atoms with Crippen LogP contribution in [0.25, 0.3) is 16.7 Å². The monoisotopic (exact) mass is 901 g/mol. The number of esters is 1. The fourth-order valence-corrected chi connectivity index (χ4v) is 3.22. The van der Waals surface area contributed by atoms with E-state index in [-0.39, 0.29) is 17.1 Å². The van der Waals surface area contributed by atoms with E-state index in [0.29, 0.717) is 33.9 Å². The average molecular weight is 901 g/mol. The van der Waals surface area contributed by atoms with Crippen molar-refractivity contribution in [1.29, 1.82) is 0 Å². The van der Waals surface area contributed by atoms with E-state index < -0.39 is 11.4 Å². The van der Waals surface area contributed by atoms with E-state index in [1.807, 2.05) is 24.3 Å². The number of carbonyl (C=O) groups is 1. The van der Waals surface area contributed by atoms with Crippen LogP contribution >= 0.6 is 59.9 Å². The second kappa shape index (κ2) is 15.9. The van der Waals surface area contributed by atoms with Crippen LogP contribution < -0.4 is 15.9 Å². The molecule has 12 heteroatoms. The molecule has 1 saturated carbocycles. The van der Waals surface area contributed by atoms with E-state index >= 15 is 0 Å². The predicted molar refractivity (Wildman–Crippen MR) is 172 cm³/mol. The molecule has 3 heterocycles. The fourth-order valence-electron chi connectivity index (χ4n) is 3.22. The predicted octanol–water partition coefficient (Wildman–Crippen LogP) is 5.25. The summed E-state index contributed by atoms with van der Waals surface area (Å²) >= 11 is 7.39. The van der Waals surface area contributed by atoms with Crippen LogP contribution in [0.4, 0.5) is 0 Å². The van der Waals surface area contributed by atoms with Gasteiger partial charge in [-0.15, -0.1) is 0 Å². The summed E-state index contributed by atoms with van der Waals surface area (Å²) in [6, 6.07) is 14.7. The molecule has 1 aliphatic carbocycles. The molecule has 0 unspecified atom stereocenters. The Hall–Kier alpha value is -1.71. The quantitative estimate of drug-likeness (QED) is 0.0957. The number of nitrogens with zero attached hydrogens (tertiary/aromatic N) is 3. The van der Waals surface area contributed by atoms with E-state index in [2.05, 4.69) is 76.8 Å². The molecular formula is C27H25I3N4O4V+. The Morgan fingerprint density at radius 3 is 2.49 bits per heavy atom. The fraction of sp³-hybridized carbons (Fsp3) is 0.185. The number of ether oxygens (including phenoxy) is 1. The van der Waals surface area contributed by atoms with Crippen molar-refractivity contribution in [2.45, 2.75) is 25.8 Å². The third-order valence-electron chi connectivity index (χ3n) is 5.14. The zero-order chi connectivity index (χ0) is 28.4. The van der Waals surface area contributed by atoms with Crippen molar-refractivity contribution in [3.05, 3.63) is 100 Å². The van der Waals surface area contributed by atoms with Gasteiger partial charge in [0.1, 0.15) is 11.2 Å². The van der Waals surface area contributed by atoms with E-state index in [9.17, 15) is 14.8 Å². The Kier molecular flexibility index (Phi) is 13.0. The number of rotatable bonds is 3. The molecule has 5 rings (SSSR count). The van der Waals surface area contributed by atoms with Crippen LogP contribution in [0.1, 0.15) is 41.3 Å². The molecule has 39 heavy (non-hydrogen) atoms. The second-order valence-corrected chi connectivity index (χ2v) is 43.5. The van der Waals surface area contributed by atoms with Gasteiger partial charge in [-0.3, -0.25) is 10.0 Å². The van der Waals surface area contributed by atoms with Gasteiger partial charge >= 0.3 is 70.8 Å². The van der Waals surface area contributed by atoms with Gasteiger partial charge in [-0.2, -0.15) is 0 Å². The summed E-state index contributed by atoms with van der Waals surface area (Å²) in [7, 11) is 0. The van der Waals surface area contributed by atoms with Crippen LogP contribution in [0, 0.1) is 11.8 Å². The first-order valence-corrected chi connectivity index (χ1v) is 25.2. The average Bonchev–Trinajstić information content (AvgIpc) is 3.70. The van der Waals surface area contributed by atoms with E-state index in [0.717, 1.165) is 4.73 Å². The van der Waals surface area contributed by atoms with Crippen LogP contribution in [-0.2, 0) is 9.66 Å². The molecule has 0 bridgehead atoms. The van der Waals surface area contributed by atoms with Crippen molar-refractivity contribution in [1.82, 2.24) is 9.55 Å². The number of carbonyl (C=O) groups excluding carboxylic acids is 1. The minimum absolute atomic E-state index is 0.0596. The standard InChI is InChI=1S/C24H18N3O4.C3H7N.3HI.V/c1-2-31-24(29)21-16-27(23-20(22(21)28)9-4-12-25-23)19-8-3-6-17(14-19)10-11-18-7-5-13-26(30)15-18;4-3-1-2-3;;;;/h3-9,12-16,30H,2H2,1H3;3H,1-2,4H2;3*1H;/q+1;;;;;+3/p-3. The van der Waals surface area contributed by atoms with Crippen molar-refractivity contribution >= 4 is 76.9 Å². The number of halogens is 3. The van der Waals surface area contributed by atoms with Crippen molar-refractivity contribution in [3.8, 4) is 17.5 Å². The molecule has 1 aromatic carbocycles. The van der Waals surface area contributed by atoms with Crippen LogP contribution in [0.15, 0.2) is 78.1 Å². The molecule has 0 saturated heterocycles. The first-order valence-electron chi connectivity index (χ1n) is 11.7. The Labute approximate surface area is 264 Å². The van der Waals surface area contributed by atoms with Gasteiger partial charge in [0.15, 0.2) is 0 Å². The number of nitrogens with two attached hydrogens (primary N) is 1. The van der Waals surface area contributed by atoms with Gasteiger partial charge in [0.05, 0.1) is 17.6 Å². The molecule has 4 aromatic rings.